The zero-order chi connectivity index (χ0) is 14.2. The van der Waals surface area contributed by atoms with E-state index in [0.717, 1.165) is 19.0 Å². The molecule has 2 rings (SSSR count). The lowest BCUT2D eigenvalue weighted by atomic mass is 9.89. The summed E-state index contributed by atoms with van der Waals surface area (Å²) in [6.07, 6.45) is 6.92. The summed E-state index contributed by atoms with van der Waals surface area (Å²) in [7, 11) is 0. The Balaban J connectivity index is 1.69. The number of benzene rings is 1. The monoisotopic (exact) mass is 276 g/mol. The summed E-state index contributed by atoms with van der Waals surface area (Å²) < 4.78 is 5.23. The van der Waals surface area contributed by atoms with E-state index in [1.54, 1.807) is 0 Å². The van der Waals surface area contributed by atoms with E-state index >= 15 is 0 Å². The van der Waals surface area contributed by atoms with Gasteiger partial charge in [-0.05, 0) is 43.0 Å². The van der Waals surface area contributed by atoms with Crippen LogP contribution in [-0.4, -0.2) is 19.1 Å². The molecule has 4 heteroatoms. The van der Waals surface area contributed by atoms with Crippen molar-refractivity contribution in [2.24, 2.45) is 11.7 Å². The number of amides is 1. The summed E-state index contributed by atoms with van der Waals surface area (Å²) >= 11 is 0. The molecule has 0 aliphatic heterocycles. The van der Waals surface area contributed by atoms with E-state index in [0.29, 0.717) is 5.75 Å². The first-order valence-electron chi connectivity index (χ1n) is 7.45. The molecule has 0 radical (unpaired) electrons. The van der Waals surface area contributed by atoms with Crippen LogP contribution in [0.2, 0.25) is 0 Å². The fourth-order valence-electron chi connectivity index (χ4n) is 2.67. The van der Waals surface area contributed by atoms with Crippen LogP contribution in [0.4, 0.5) is 0 Å². The van der Waals surface area contributed by atoms with Crippen molar-refractivity contribution >= 4 is 5.91 Å². The molecule has 20 heavy (non-hydrogen) atoms. The minimum Gasteiger partial charge on any atom is -0.484 e. The Kier molecular flexibility index (Phi) is 5.87. The normalized spacial score (nSPS) is 16.0. The van der Waals surface area contributed by atoms with Crippen LogP contribution in [0, 0.1) is 5.92 Å². The second kappa shape index (κ2) is 7.90. The van der Waals surface area contributed by atoms with Crippen molar-refractivity contribution in [1.82, 2.24) is 5.32 Å². The molecule has 0 heterocycles. The van der Waals surface area contributed by atoms with Gasteiger partial charge in [0.1, 0.15) is 5.75 Å². The van der Waals surface area contributed by atoms with Crippen molar-refractivity contribution in [3.63, 3.8) is 0 Å². The fraction of sp³-hybridized carbons (Fsp3) is 0.562. The maximum Gasteiger partial charge on any atom is 0.255 e. The number of nitrogens with two attached hydrogens (primary N) is 1. The van der Waals surface area contributed by atoms with Gasteiger partial charge in [0.05, 0.1) is 0 Å². The van der Waals surface area contributed by atoms with Gasteiger partial charge in [0.2, 0.25) is 0 Å². The largest absolute Gasteiger partial charge is 0.484 e. The van der Waals surface area contributed by atoms with E-state index in [1.807, 2.05) is 24.3 Å². The number of nitrogens with one attached hydrogen (secondary N) is 1. The molecule has 0 saturated heterocycles. The first-order chi connectivity index (χ1) is 9.74. The smallest absolute Gasteiger partial charge is 0.255 e. The van der Waals surface area contributed by atoms with Gasteiger partial charge in [0, 0.05) is 6.54 Å². The number of carbonyl (C=O) groups excluding carboxylic acids is 1. The summed E-state index contributed by atoms with van der Waals surface area (Å²) in [5, 5.41) is 3.53. The van der Waals surface area contributed by atoms with E-state index < -0.39 is 5.91 Å². The molecule has 0 atom stereocenters. The highest BCUT2D eigenvalue weighted by Crippen LogP contribution is 2.22. The van der Waals surface area contributed by atoms with Gasteiger partial charge in [-0.3, -0.25) is 4.79 Å². The number of carbonyl (C=O) groups is 1. The van der Waals surface area contributed by atoms with Crippen LogP contribution < -0.4 is 15.8 Å². The lowest BCUT2D eigenvalue weighted by molar-refractivity contribution is -0.119. The van der Waals surface area contributed by atoms with Crippen LogP contribution in [0.15, 0.2) is 24.3 Å². The molecular formula is C16H24N2O2. The molecule has 0 aromatic heterocycles. The standard InChI is InChI=1S/C16H24N2O2/c17-16(19)12-20-15-8-6-14(7-9-15)11-18-10-13-4-2-1-3-5-13/h6-9,13,18H,1-5,10-12H2,(H2,17,19). The Labute approximate surface area is 120 Å². The van der Waals surface area contributed by atoms with E-state index in [4.69, 9.17) is 10.5 Å². The minimum absolute atomic E-state index is 0.0702. The third-order valence-electron chi connectivity index (χ3n) is 3.79. The van der Waals surface area contributed by atoms with Gasteiger partial charge in [-0.1, -0.05) is 31.4 Å². The molecule has 4 nitrogen and oxygen atoms in total. The maximum atomic E-state index is 10.6. The maximum absolute atomic E-state index is 10.6. The highest BCUT2D eigenvalue weighted by atomic mass is 16.5. The summed E-state index contributed by atoms with van der Waals surface area (Å²) in [5.41, 5.74) is 6.26. The zero-order valence-corrected chi connectivity index (χ0v) is 11.9. The summed E-state index contributed by atoms with van der Waals surface area (Å²) in [6.45, 7) is 1.92. The Bertz CT molecular complexity index is 411. The van der Waals surface area contributed by atoms with Gasteiger partial charge >= 0.3 is 0 Å². The van der Waals surface area contributed by atoms with Gasteiger partial charge < -0.3 is 15.8 Å². The SMILES string of the molecule is NC(=O)COc1ccc(CNCC2CCCCC2)cc1. The average molecular weight is 276 g/mol. The molecule has 0 spiro atoms. The molecule has 0 bridgehead atoms. The Hall–Kier alpha value is -1.55. The van der Waals surface area contributed by atoms with Crippen LogP contribution >= 0.6 is 0 Å². The zero-order valence-electron chi connectivity index (χ0n) is 11.9. The molecule has 110 valence electrons. The van der Waals surface area contributed by atoms with Crippen molar-refractivity contribution in [3.05, 3.63) is 29.8 Å². The third kappa shape index (κ3) is 5.21. The molecule has 0 unspecified atom stereocenters. The topological polar surface area (TPSA) is 64.4 Å². The minimum atomic E-state index is -0.455. The van der Waals surface area contributed by atoms with Crippen molar-refractivity contribution in [2.45, 2.75) is 38.6 Å². The lowest BCUT2D eigenvalue weighted by Crippen LogP contribution is -2.24. The molecule has 3 N–H and O–H groups in total. The van der Waals surface area contributed by atoms with Crippen molar-refractivity contribution in [2.75, 3.05) is 13.2 Å². The molecule has 1 amide bonds. The molecule has 1 aliphatic rings. The van der Waals surface area contributed by atoms with Crippen LogP contribution in [0.3, 0.4) is 0 Å². The number of ether oxygens (including phenoxy) is 1. The molecular weight excluding hydrogens is 252 g/mol. The third-order valence-corrected chi connectivity index (χ3v) is 3.79. The Morgan fingerprint density at radius 1 is 1.20 bits per heavy atom. The van der Waals surface area contributed by atoms with Crippen LogP contribution in [0.1, 0.15) is 37.7 Å². The highest BCUT2D eigenvalue weighted by molar-refractivity contribution is 5.75. The number of hydrogen-bond donors (Lipinski definition) is 2. The second-order valence-corrected chi connectivity index (χ2v) is 5.53. The van der Waals surface area contributed by atoms with Crippen LogP contribution in [0.25, 0.3) is 0 Å². The molecule has 1 aliphatic carbocycles. The van der Waals surface area contributed by atoms with E-state index in [9.17, 15) is 4.79 Å². The quantitative estimate of drug-likeness (QED) is 0.802. The van der Waals surface area contributed by atoms with Gasteiger partial charge in [-0.2, -0.15) is 0 Å². The van der Waals surface area contributed by atoms with Crippen LogP contribution in [-0.2, 0) is 11.3 Å². The lowest BCUT2D eigenvalue weighted by Gasteiger charge is -2.21. The first kappa shape index (κ1) is 14.9. The van der Waals surface area contributed by atoms with Crippen molar-refractivity contribution in [3.8, 4) is 5.75 Å². The average Bonchev–Trinajstić information content (AvgIpc) is 2.47. The van der Waals surface area contributed by atoms with E-state index in [-0.39, 0.29) is 6.61 Å². The predicted octanol–water partition coefficient (Wildman–Crippen LogP) is 2.22. The molecule has 1 aromatic carbocycles. The van der Waals surface area contributed by atoms with Crippen LogP contribution in [0.5, 0.6) is 5.75 Å². The number of primary amides is 1. The summed E-state index contributed by atoms with van der Waals surface area (Å²) in [5.74, 6) is 1.07. The van der Waals surface area contributed by atoms with Gasteiger partial charge in [0.25, 0.3) is 5.91 Å². The number of hydrogen-bond acceptors (Lipinski definition) is 3. The summed E-state index contributed by atoms with van der Waals surface area (Å²) in [6, 6.07) is 7.79. The predicted molar refractivity (Wildman–Crippen MR) is 79.4 cm³/mol. The highest BCUT2D eigenvalue weighted by Gasteiger charge is 2.12. The second-order valence-electron chi connectivity index (χ2n) is 5.53. The van der Waals surface area contributed by atoms with Gasteiger partial charge in [-0.25, -0.2) is 0 Å². The number of rotatable bonds is 7. The van der Waals surface area contributed by atoms with E-state index in [2.05, 4.69) is 5.32 Å². The van der Waals surface area contributed by atoms with Gasteiger partial charge in [-0.15, -0.1) is 0 Å². The molecule has 1 saturated carbocycles. The van der Waals surface area contributed by atoms with Crippen molar-refractivity contribution in [1.29, 1.82) is 0 Å². The fourth-order valence-corrected chi connectivity index (χ4v) is 2.67. The molecule has 1 fully saturated rings. The Morgan fingerprint density at radius 2 is 1.90 bits per heavy atom. The first-order valence-corrected chi connectivity index (χ1v) is 7.45. The molecule has 1 aromatic rings. The Morgan fingerprint density at radius 3 is 2.55 bits per heavy atom. The summed E-state index contributed by atoms with van der Waals surface area (Å²) in [4.78, 5) is 10.6. The van der Waals surface area contributed by atoms with Crippen molar-refractivity contribution < 1.29 is 9.53 Å². The van der Waals surface area contributed by atoms with E-state index in [1.165, 1.54) is 37.7 Å². The van der Waals surface area contributed by atoms with Gasteiger partial charge in [0.15, 0.2) is 6.61 Å².